The number of likely N-dealkylation sites (tertiary alicyclic amines) is 1. The van der Waals surface area contributed by atoms with Gasteiger partial charge < -0.3 is 19.7 Å². The van der Waals surface area contributed by atoms with Gasteiger partial charge >= 0.3 is 0 Å². The molecule has 2 heterocycles. The highest BCUT2D eigenvalue weighted by molar-refractivity contribution is 5.89. The molecule has 0 radical (unpaired) electrons. The van der Waals surface area contributed by atoms with Crippen molar-refractivity contribution in [3.8, 4) is 0 Å². The molecule has 0 bridgehead atoms. The maximum Gasteiger partial charge on any atom is 0.225 e. The predicted molar refractivity (Wildman–Crippen MR) is 91.4 cm³/mol. The van der Waals surface area contributed by atoms with Gasteiger partial charge in [0.05, 0.1) is 24.8 Å². The predicted octanol–water partition coefficient (Wildman–Crippen LogP) is 1.35. The van der Waals surface area contributed by atoms with E-state index in [-0.39, 0.29) is 30.7 Å². The Kier molecular flexibility index (Phi) is 5.50. The summed E-state index contributed by atoms with van der Waals surface area (Å²) in [6, 6.07) is 13.2. The number of benzene rings is 1. The van der Waals surface area contributed by atoms with Crippen LogP contribution in [0, 0.1) is 5.92 Å². The van der Waals surface area contributed by atoms with Crippen molar-refractivity contribution in [1.82, 2.24) is 10.2 Å². The molecule has 1 aromatic heterocycles. The monoisotopic (exact) mass is 342 g/mol. The molecule has 1 aliphatic heterocycles. The molecule has 2 unspecified atom stereocenters. The second-order valence-electron chi connectivity index (χ2n) is 6.34. The van der Waals surface area contributed by atoms with Gasteiger partial charge in [-0.05, 0) is 17.7 Å². The van der Waals surface area contributed by atoms with Crippen LogP contribution < -0.4 is 5.32 Å². The number of amides is 2. The van der Waals surface area contributed by atoms with Gasteiger partial charge in [0.25, 0.3) is 0 Å². The summed E-state index contributed by atoms with van der Waals surface area (Å²) in [7, 11) is 0. The van der Waals surface area contributed by atoms with Crippen molar-refractivity contribution < 1.29 is 19.1 Å². The average molecular weight is 342 g/mol. The average Bonchev–Trinajstić information content (AvgIpc) is 3.24. The lowest BCUT2D eigenvalue weighted by molar-refractivity contribution is -0.129. The highest BCUT2D eigenvalue weighted by Gasteiger charge is 2.34. The summed E-state index contributed by atoms with van der Waals surface area (Å²) >= 11 is 0. The van der Waals surface area contributed by atoms with Crippen LogP contribution in [0.5, 0.6) is 0 Å². The molecule has 2 amide bonds. The van der Waals surface area contributed by atoms with Crippen LogP contribution in [0.1, 0.15) is 17.7 Å². The first kappa shape index (κ1) is 17.2. The maximum atomic E-state index is 12.3. The topological polar surface area (TPSA) is 82.8 Å². The number of carbonyl (C=O) groups excluding carboxylic acids is 2. The number of nitrogens with zero attached hydrogens (tertiary/aromatic N) is 1. The van der Waals surface area contributed by atoms with E-state index >= 15 is 0 Å². The highest BCUT2D eigenvalue weighted by atomic mass is 16.3. The molecule has 6 heteroatoms. The zero-order valence-electron chi connectivity index (χ0n) is 13.9. The van der Waals surface area contributed by atoms with Crippen LogP contribution >= 0.6 is 0 Å². The molecular formula is C19H22N2O4. The fourth-order valence-electron chi connectivity index (χ4n) is 3.01. The fraction of sp³-hybridized carbons (Fsp3) is 0.368. The van der Waals surface area contributed by atoms with E-state index in [1.807, 2.05) is 30.3 Å². The Bertz CT molecular complexity index is 699. The summed E-state index contributed by atoms with van der Waals surface area (Å²) < 4.78 is 5.25. The van der Waals surface area contributed by atoms with Crippen LogP contribution in [0.4, 0.5) is 0 Å². The van der Waals surface area contributed by atoms with E-state index in [9.17, 15) is 14.7 Å². The van der Waals surface area contributed by atoms with Crippen LogP contribution in [0.2, 0.25) is 0 Å². The first-order valence-electron chi connectivity index (χ1n) is 8.41. The van der Waals surface area contributed by atoms with Gasteiger partial charge in [0.2, 0.25) is 11.8 Å². The van der Waals surface area contributed by atoms with E-state index in [2.05, 4.69) is 5.32 Å². The third-order valence-corrected chi connectivity index (χ3v) is 4.34. The summed E-state index contributed by atoms with van der Waals surface area (Å²) in [5, 5.41) is 12.8. The Morgan fingerprint density at radius 3 is 2.80 bits per heavy atom. The van der Waals surface area contributed by atoms with E-state index in [1.54, 1.807) is 23.3 Å². The SMILES string of the molecule is O=C(NCC(O)Cc1ccccc1)C1CC(=O)N(Cc2ccco2)C1. The molecule has 1 aliphatic rings. The van der Waals surface area contributed by atoms with Crippen molar-refractivity contribution >= 4 is 11.8 Å². The number of hydrogen-bond donors (Lipinski definition) is 2. The van der Waals surface area contributed by atoms with Gasteiger partial charge in [-0.2, -0.15) is 0 Å². The van der Waals surface area contributed by atoms with Crippen molar-refractivity contribution in [2.75, 3.05) is 13.1 Å². The number of furan rings is 1. The van der Waals surface area contributed by atoms with Crippen molar-refractivity contribution in [3.05, 3.63) is 60.1 Å². The lowest BCUT2D eigenvalue weighted by atomic mass is 10.1. The van der Waals surface area contributed by atoms with E-state index in [4.69, 9.17) is 4.42 Å². The molecule has 25 heavy (non-hydrogen) atoms. The van der Waals surface area contributed by atoms with E-state index in [1.165, 1.54) is 0 Å². The van der Waals surface area contributed by atoms with Gasteiger partial charge in [-0.3, -0.25) is 9.59 Å². The molecule has 1 aromatic carbocycles. The molecule has 0 spiro atoms. The van der Waals surface area contributed by atoms with Crippen LogP contribution in [0.3, 0.4) is 0 Å². The van der Waals surface area contributed by atoms with Crippen molar-refractivity contribution in [2.45, 2.75) is 25.5 Å². The summed E-state index contributed by atoms with van der Waals surface area (Å²) in [6.45, 7) is 0.934. The summed E-state index contributed by atoms with van der Waals surface area (Å²) in [4.78, 5) is 25.9. The zero-order chi connectivity index (χ0) is 17.6. The zero-order valence-corrected chi connectivity index (χ0v) is 13.9. The lowest BCUT2D eigenvalue weighted by Gasteiger charge is -2.16. The van der Waals surface area contributed by atoms with Crippen LogP contribution in [-0.2, 0) is 22.6 Å². The van der Waals surface area contributed by atoms with Crippen LogP contribution in [-0.4, -0.2) is 41.0 Å². The number of rotatable bonds is 7. The van der Waals surface area contributed by atoms with Gasteiger partial charge in [0.1, 0.15) is 5.76 Å². The first-order chi connectivity index (χ1) is 12.1. The molecule has 1 saturated heterocycles. The normalized spacial score (nSPS) is 18.4. The smallest absolute Gasteiger partial charge is 0.225 e. The first-order valence-corrected chi connectivity index (χ1v) is 8.41. The molecule has 2 atom stereocenters. The molecule has 1 fully saturated rings. The minimum Gasteiger partial charge on any atom is -0.467 e. The molecular weight excluding hydrogens is 320 g/mol. The lowest BCUT2D eigenvalue weighted by Crippen LogP contribution is -2.38. The summed E-state index contributed by atoms with van der Waals surface area (Å²) in [6.07, 6.45) is 1.59. The van der Waals surface area contributed by atoms with Crippen molar-refractivity contribution in [1.29, 1.82) is 0 Å². The second-order valence-corrected chi connectivity index (χ2v) is 6.34. The minimum atomic E-state index is -0.650. The molecule has 2 N–H and O–H groups in total. The maximum absolute atomic E-state index is 12.3. The molecule has 2 aromatic rings. The Balaban J connectivity index is 1.44. The van der Waals surface area contributed by atoms with Crippen molar-refractivity contribution in [3.63, 3.8) is 0 Å². The molecule has 132 valence electrons. The number of carbonyl (C=O) groups is 2. The molecule has 6 nitrogen and oxygen atoms in total. The van der Waals surface area contributed by atoms with Crippen LogP contribution in [0.25, 0.3) is 0 Å². The van der Waals surface area contributed by atoms with E-state index in [0.717, 1.165) is 5.56 Å². The van der Waals surface area contributed by atoms with Gasteiger partial charge in [0.15, 0.2) is 0 Å². The highest BCUT2D eigenvalue weighted by Crippen LogP contribution is 2.20. The number of hydrogen-bond acceptors (Lipinski definition) is 4. The van der Waals surface area contributed by atoms with Gasteiger partial charge in [0, 0.05) is 25.9 Å². The number of aliphatic hydroxyl groups excluding tert-OH is 1. The third kappa shape index (κ3) is 4.70. The quantitative estimate of drug-likeness (QED) is 0.796. The van der Waals surface area contributed by atoms with E-state index in [0.29, 0.717) is 25.3 Å². The third-order valence-electron chi connectivity index (χ3n) is 4.34. The molecule has 0 saturated carbocycles. The van der Waals surface area contributed by atoms with Gasteiger partial charge in [-0.1, -0.05) is 30.3 Å². The van der Waals surface area contributed by atoms with Gasteiger partial charge in [-0.25, -0.2) is 0 Å². The Morgan fingerprint density at radius 1 is 1.28 bits per heavy atom. The summed E-state index contributed by atoms with van der Waals surface area (Å²) in [5.41, 5.74) is 1.02. The minimum absolute atomic E-state index is 0.0543. The van der Waals surface area contributed by atoms with Crippen LogP contribution in [0.15, 0.2) is 53.1 Å². The Hall–Kier alpha value is -2.60. The van der Waals surface area contributed by atoms with E-state index < -0.39 is 6.10 Å². The van der Waals surface area contributed by atoms with Gasteiger partial charge in [-0.15, -0.1) is 0 Å². The number of nitrogens with one attached hydrogen (secondary N) is 1. The Labute approximate surface area is 146 Å². The summed E-state index contributed by atoms with van der Waals surface area (Å²) in [5.74, 6) is 0.0721. The largest absolute Gasteiger partial charge is 0.467 e. The standard InChI is InChI=1S/C19H22N2O4/c22-16(9-14-5-2-1-3-6-14)11-20-19(24)15-10-18(23)21(12-15)13-17-7-4-8-25-17/h1-8,15-16,22H,9-13H2,(H,20,24). The molecule has 0 aliphatic carbocycles. The second kappa shape index (κ2) is 7.98. The Morgan fingerprint density at radius 2 is 2.08 bits per heavy atom. The fourth-order valence-corrected chi connectivity index (χ4v) is 3.01. The molecule has 3 rings (SSSR count). The van der Waals surface area contributed by atoms with Crippen molar-refractivity contribution in [2.24, 2.45) is 5.92 Å². The number of aliphatic hydroxyl groups is 1.